The molecule has 0 saturated heterocycles. The number of ether oxygens (including phenoxy) is 1. The molecule has 0 saturated carbocycles. The zero-order valence-electron chi connectivity index (χ0n) is 5.76. The van der Waals surface area contributed by atoms with Gasteiger partial charge >= 0.3 is 6.09 Å². The maximum Gasteiger partial charge on any atom is 0.411 e. The third kappa shape index (κ3) is 1.62. The van der Waals surface area contributed by atoms with Crippen molar-refractivity contribution in [2.45, 2.75) is 6.42 Å². The molecule has 0 fully saturated rings. The Hall–Kier alpha value is -1.25. The van der Waals surface area contributed by atoms with Crippen LogP contribution in [0.5, 0.6) is 0 Å². The van der Waals surface area contributed by atoms with E-state index < -0.39 is 6.09 Å². The number of allylic oxidation sites excluding steroid dienone is 3. The average Bonchev–Trinajstić information content (AvgIpc) is 2.40. The van der Waals surface area contributed by atoms with E-state index in [0.717, 1.165) is 12.1 Å². The summed E-state index contributed by atoms with van der Waals surface area (Å²) in [5, 5.41) is 2.54. The lowest BCUT2D eigenvalue weighted by atomic mass is 10.5. The zero-order chi connectivity index (χ0) is 7.40. The minimum Gasteiger partial charge on any atom is -0.453 e. The Morgan fingerprint density at radius 3 is 3.10 bits per heavy atom. The Labute approximate surface area is 59.4 Å². The Kier molecular flexibility index (Phi) is 2.10. The third-order valence-corrected chi connectivity index (χ3v) is 1.20. The molecule has 0 atom stereocenters. The number of amides is 1. The van der Waals surface area contributed by atoms with Crippen molar-refractivity contribution in [3.8, 4) is 0 Å². The number of methoxy groups -OCH3 is 1. The summed E-state index contributed by atoms with van der Waals surface area (Å²) in [6, 6.07) is 0. The third-order valence-electron chi connectivity index (χ3n) is 1.20. The molecular weight excluding hydrogens is 130 g/mol. The van der Waals surface area contributed by atoms with Crippen LogP contribution in [0.2, 0.25) is 0 Å². The summed E-state index contributed by atoms with van der Waals surface area (Å²) >= 11 is 0. The first-order valence-electron chi connectivity index (χ1n) is 3.04. The van der Waals surface area contributed by atoms with E-state index in [1.54, 1.807) is 0 Å². The summed E-state index contributed by atoms with van der Waals surface area (Å²) in [5.74, 6) is 0. The van der Waals surface area contributed by atoms with E-state index in [0.29, 0.717) is 0 Å². The van der Waals surface area contributed by atoms with Crippen molar-refractivity contribution in [3.05, 3.63) is 23.9 Å². The highest BCUT2D eigenvalue weighted by molar-refractivity contribution is 5.70. The van der Waals surface area contributed by atoms with Crippen molar-refractivity contribution in [2.24, 2.45) is 0 Å². The number of hydrogen-bond donors (Lipinski definition) is 1. The summed E-state index contributed by atoms with van der Waals surface area (Å²) < 4.78 is 4.39. The molecule has 54 valence electrons. The fourth-order valence-corrected chi connectivity index (χ4v) is 0.720. The Balaban J connectivity index is 2.38. The first-order valence-corrected chi connectivity index (χ1v) is 3.04. The highest BCUT2D eigenvalue weighted by Gasteiger charge is 2.01. The van der Waals surface area contributed by atoms with Crippen molar-refractivity contribution in [1.29, 1.82) is 0 Å². The van der Waals surface area contributed by atoms with Crippen molar-refractivity contribution in [3.63, 3.8) is 0 Å². The van der Waals surface area contributed by atoms with E-state index in [9.17, 15) is 4.79 Å². The number of rotatable bonds is 1. The molecule has 1 N–H and O–H groups in total. The molecule has 0 bridgehead atoms. The molecular formula is C7H9NO2. The number of carbonyl (C=O) groups excluding carboxylic acids is 1. The molecule has 1 rings (SSSR count). The van der Waals surface area contributed by atoms with Crippen LogP contribution < -0.4 is 5.32 Å². The molecule has 1 aliphatic carbocycles. The molecule has 0 radical (unpaired) electrons. The highest BCUT2D eigenvalue weighted by Crippen LogP contribution is 2.04. The van der Waals surface area contributed by atoms with Gasteiger partial charge in [0.05, 0.1) is 7.11 Å². The minimum atomic E-state index is -0.419. The molecule has 0 aromatic rings. The lowest BCUT2D eigenvalue weighted by molar-refractivity contribution is 0.174. The highest BCUT2D eigenvalue weighted by atomic mass is 16.5. The Morgan fingerprint density at radius 1 is 1.80 bits per heavy atom. The molecule has 1 amide bonds. The molecule has 1 aliphatic rings. The predicted octanol–water partition coefficient (Wildman–Crippen LogP) is 1.19. The van der Waals surface area contributed by atoms with Crippen LogP contribution in [-0.4, -0.2) is 13.2 Å². The van der Waals surface area contributed by atoms with Crippen LogP contribution in [-0.2, 0) is 4.74 Å². The number of nitrogens with one attached hydrogen (secondary N) is 1. The summed E-state index contributed by atoms with van der Waals surface area (Å²) in [6.07, 6.45) is 6.19. The van der Waals surface area contributed by atoms with E-state index in [4.69, 9.17) is 0 Å². The molecule has 10 heavy (non-hydrogen) atoms. The summed E-state index contributed by atoms with van der Waals surface area (Å²) in [4.78, 5) is 10.6. The zero-order valence-corrected chi connectivity index (χ0v) is 5.76. The average molecular weight is 139 g/mol. The Bertz CT molecular complexity index is 194. The normalized spacial score (nSPS) is 14.7. The van der Waals surface area contributed by atoms with Gasteiger partial charge in [-0.05, 0) is 12.5 Å². The second-order valence-corrected chi connectivity index (χ2v) is 1.91. The quantitative estimate of drug-likeness (QED) is 0.592. The van der Waals surface area contributed by atoms with Crippen LogP contribution in [0.25, 0.3) is 0 Å². The van der Waals surface area contributed by atoms with Gasteiger partial charge in [-0.15, -0.1) is 0 Å². The van der Waals surface area contributed by atoms with Crippen molar-refractivity contribution >= 4 is 6.09 Å². The van der Waals surface area contributed by atoms with Crippen LogP contribution in [0.15, 0.2) is 23.9 Å². The minimum absolute atomic E-state index is 0.419. The maximum absolute atomic E-state index is 10.6. The molecule has 0 unspecified atom stereocenters. The molecule has 0 aromatic carbocycles. The molecule has 0 aliphatic heterocycles. The van der Waals surface area contributed by atoms with Crippen LogP contribution in [0, 0.1) is 0 Å². The summed E-state index contributed by atoms with van der Waals surface area (Å²) in [5.41, 5.74) is 0.812. The first-order chi connectivity index (χ1) is 4.83. The van der Waals surface area contributed by atoms with Crippen molar-refractivity contribution in [1.82, 2.24) is 5.32 Å². The summed E-state index contributed by atoms with van der Waals surface area (Å²) in [7, 11) is 1.34. The molecule has 3 heteroatoms. The smallest absolute Gasteiger partial charge is 0.411 e. The van der Waals surface area contributed by atoms with Gasteiger partial charge in [-0.3, -0.25) is 5.32 Å². The van der Waals surface area contributed by atoms with Crippen molar-refractivity contribution < 1.29 is 9.53 Å². The maximum atomic E-state index is 10.6. The van der Waals surface area contributed by atoms with Gasteiger partial charge in [0.15, 0.2) is 0 Å². The van der Waals surface area contributed by atoms with Crippen LogP contribution >= 0.6 is 0 Å². The van der Waals surface area contributed by atoms with Crippen molar-refractivity contribution in [2.75, 3.05) is 7.11 Å². The fourth-order valence-electron chi connectivity index (χ4n) is 0.720. The topological polar surface area (TPSA) is 38.3 Å². The largest absolute Gasteiger partial charge is 0.453 e. The van der Waals surface area contributed by atoms with Gasteiger partial charge in [0, 0.05) is 5.70 Å². The van der Waals surface area contributed by atoms with Gasteiger partial charge in [0.1, 0.15) is 0 Å². The van der Waals surface area contributed by atoms with E-state index in [1.807, 2.05) is 18.2 Å². The lowest BCUT2D eigenvalue weighted by Crippen LogP contribution is -2.20. The van der Waals surface area contributed by atoms with Crippen LogP contribution in [0.3, 0.4) is 0 Å². The second-order valence-electron chi connectivity index (χ2n) is 1.91. The number of hydrogen-bond acceptors (Lipinski definition) is 2. The first kappa shape index (κ1) is 6.86. The van der Waals surface area contributed by atoms with Gasteiger partial charge in [-0.1, -0.05) is 12.2 Å². The Morgan fingerprint density at radius 2 is 2.60 bits per heavy atom. The SMILES string of the molecule is COC(=O)NC1=CCC=C1. The van der Waals surface area contributed by atoms with E-state index in [-0.39, 0.29) is 0 Å². The molecule has 3 nitrogen and oxygen atoms in total. The van der Waals surface area contributed by atoms with Gasteiger partial charge < -0.3 is 4.74 Å². The number of carbonyl (C=O) groups is 1. The molecule has 0 aromatic heterocycles. The van der Waals surface area contributed by atoms with Gasteiger partial charge in [-0.2, -0.15) is 0 Å². The van der Waals surface area contributed by atoms with Gasteiger partial charge in [0.2, 0.25) is 0 Å². The van der Waals surface area contributed by atoms with Crippen LogP contribution in [0.4, 0.5) is 4.79 Å². The lowest BCUT2D eigenvalue weighted by Gasteiger charge is -2.00. The number of alkyl carbamates (subject to hydrolysis) is 1. The van der Waals surface area contributed by atoms with Crippen LogP contribution in [0.1, 0.15) is 6.42 Å². The standard InChI is InChI=1S/C7H9NO2/c1-10-7(9)8-6-4-2-3-5-6/h2,4-5H,3H2,1H3,(H,8,9). The monoisotopic (exact) mass is 139 g/mol. The second kappa shape index (κ2) is 3.06. The molecule has 0 heterocycles. The van der Waals surface area contributed by atoms with E-state index in [2.05, 4.69) is 10.1 Å². The summed E-state index contributed by atoms with van der Waals surface area (Å²) in [6.45, 7) is 0. The van der Waals surface area contributed by atoms with Gasteiger partial charge in [0.25, 0.3) is 0 Å². The fraction of sp³-hybridized carbons (Fsp3) is 0.286. The molecule has 0 spiro atoms. The van der Waals surface area contributed by atoms with E-state index >= 15 is 0 Å². The predicted molar refractivity (Wildman–Crippen MR) is 37.4 cm³/mol. The van der Waals surface area contributed by atoms with E-state index in [1.165, 1.54) is 7.11 Å². The van der Waals surface area contributed by atoms with Gasteiger partial charge in [-0.25, -0.2) is 4.79 Å².